The van der Waals surface area contributed by atoms with Crippen LogP contribution in [0, 0.1) is 0 Å². The topological polar surface area (TPSA) is 41.6 Å². The number of fused-ring (bicyclic) bond motifs is 1. The normalized spacial score (nSPS) is 12.5. The number of anilines is 2. The molecular weight excluding hydrogens is 360 g/mol. The van der Waals surface area contributed by atoms with Gasteiger partial charge >= 0.3 is 0 Å². The molecule has 0 spiro atoms. The number of benzene rings is 3. The first kappa shape index (κ1) is 19.1. The van der Waals surface area contributed by atoms with Gasteiger partial charge in [-0.05, 0) is 48.6 Å². The maximum absolute atomic E-state index is 12.5. The molecule has 1 N–H and O–H groups in total. The summed E-state index contributed by atoms with van der Waals surface area (Å²) in [5.41, 5.74) is 4.56. The van der Waals surface area contributed by atoms with Gasteiger partial charge in [-0.25, -0.2) is 0 Å². The van der Waals surface area contributed by atoms with Gasteiger partial charge in [-0.3, -0.25) is 4.79 Å². The van der Waals surface area contributed by atoms with Gasteiger partial charge in [-0.15, -0.1) is 0 Å². The van der Waals surface area contributed by atoms with E-state index in [9.17, 15) is 4.79 Å². The number of amides is 1. The lowest BCUT2D eigenvalue weighted by Gasteiger charge is -2.19. The van der Waals surface area contributed by atoms with Crippen LogP contribution in [0.5, 0.6) is 5.75 Å². The standard InChI is InChI=1S/C25H26N2O2/c28-25(19-27-16-15-21-11-4-5-14-24(21)27)26-22-12-6-13-23(18-22)29-17-7-10-20-8-2-1-3-9-20/h1-6,8-9,11-14,18H,7,10,15-17,19H2,(H,26,28). The van der Waals surface area contributed by atoms with Crippen LogP contribution in [-0.4, -0.2) is 25.6 Å². The number of nitrogens with zero attached hydrogens (tertiary/aromatic N) is 1. The summed E-state index contributed by atoms with van der Waals surface area (Å²) >= 11 is 0. The Morgan fingerprint density at radius 1 is 0.966 bits per heavy atom. The van der Waals surface area contributed by atoms with E-state index in [2.05, 4.69) is 46.6 Å². The van der Waals surface area contributed by atoms with Crippen molar-refractivity contribution in [2.45, 2.75) is 19.3 Å². The molecule has 1 aliphatic rings. The van der Waals surface area contributed by atoms with Gasteiger partial charge in [0.1, 0.15) is 5.75 Å². The van der Waals surface area contributed by atoms with Crippen molar-refractivity contribution >= 4 is 17.3 Å². The molecule has 4 heteroatoms. The van der Waals surface area contributed by atoms with Gasteiger partial charge in [0.05, 0.1) is 13.2 Å². The van der Waals surface area contributed by atoms with Crippen LogP contribution in [0.2, 0.25) is 0 Å². The molecule has 0 saturated carbocycles. The van der Waals surface area contributed by atoms with Crippen LogP contribution in [0.3, 0.4) is 0 Å². The molecule has 0 radical (unpaired) electrons. The molecule has 0 atom stereocenters. The fourth-order valence-corrected chi connectivity index (χ4v) is 3.72. The van der Waals surface area contributed by atoms with E-state index in [-0.39, 0.29) is 5.91 Å². The minimum Gasteiger partial charge on any atom is -0.494 e. The van der Waals surface area contributed by atoms with Gasteiger partial charge in [-0.1, -0.05) is 54.6 Å². The highest BCUT2D eigenvalue weighted by Crippen LogP contribution is 2.27. The lowest BCUT2D eigenvalue weighted by molar-refractivity contribution is -0.115. The van der Waals surface area contributed by atoms with Crippen molar-refractivity contribution in [1.29, 1.82) is 0 Å². The Balaban J connectivity index is 1.26. The van der Waals surface area contributed by atoms with Gasteiger partial charge in [0.2, 0.25) is 5.91 Å². The van der Waals surface area contributed by atoms with Gasteiger partial charge < -0.3 is 15.0 Å². The van der Waals surface area contributed by atoms with E-state index in [0.29, 0.717) is 13.2 Å². The molecule has 0 bridgehead atoms. The molecule has 0 unspecified atom stereocenters. The third-order valence-corrected chi connectivity index (χ3v) is 5.16. The predicted molar refractivity (Wildman–Crippen MR) is 118 cm³/mol. The van der Waals surface area contributed by atoms with Crippen molar-refractivity contribution in [3.05, 3.63) is 90.0 Å². The molecule has 1 amide bonds. The summed E-state index contributed by atoms with van der Waals surface area (Å²) in [6.45, 7) is 1.90. The van der Waals surface area contributed by atoms with E-state index >= 15 is 0 Å². The molecule has 3 aromatic carbocycles. The molecule has 4 nitrogen and oxygen atoms in total. The second-order valence-electron chi connectivity index (χ2n) is 7.31. The molecule has 4 rings (SSSR count). The Hall–Kier alpha value is -3.27. The van der Waals surface area contributed by atoms with Crippen LogP contribution in [-0.2, 0) is 17.6 Å². The second-order valence-corrected chi connectivity index (χ2v) is 7.31. The minimum atomic E-state index is -0.0112. The Kier molecular flexibility index (Phi) is 6.10. The van der Waals surface area contributed by atoms with Crippen molar-refractivity contribution in [3.63, 3.8) is 0 Å². The monoisotopic (exact) mass is 386 g/mol. The van der Waals surface area contributed by atoms with Crippen LogP contribution in [0.1, 0.15) is 17.5 Å². The lowest BCUT2D eigenvalue weighted by Crippen LogP contribution is -2.31. The molecule has 1 heterocycles. The third kappa shape index (κ3) is 5.17. The molecule has 3 aromatic rings. The molecule has 0 fully saturated rings. The van der Waals surface area contributed by atoms with Crippen molar-refractivity contribution in [2.75, 3.05) is 29.9 Å². The first-order valence-corrected chi connectivity index (χ1v) is 10.2. The van der Waals surface area contributed by atoms with E-state index in [0.717, 1.165) is 42.9 Å². The highest BCUT2D eigenvalue weighted by Gasteiger charge is 2.20. The maximum Gasteiger partial charge on any atom is 0.243 e. The first-order chi connectivity index (χ1) is 14.3. The van der Waals surface area contributed by atoms with E-state index in [1.54, 1.807) is 0 Å². The summed E-state index contributed by atoms with van der Waals surface area (Å²) in [4.78, 5) is 14.6. The quantitative estimate of drug-likeness (QED) is 0.571. The fraction of sp³-hybridized carbons (Fsp3) is 0.240. The summed E-state index contributed by atoms with van der Waals surface area (Å²) in [6.07, 6.45) is 2.94. The molecule has 29 heavy (non-hydrogen) atoms. The Morgan fingerprint density at radius 2 is 1.79 bits per heavy atom. The van der Waals surface area contributed by atoms with E-state index in [1.165, 1.54) is 11.1 Å². The van der Waals surface area contributed by atoms with Gasteiger partial charge in [0, 0.05) is 24.0 Å². The van der Waals surface area contributed by atoms with Crippen LogP contribution >= 0.6 is 0 Å². The number of ether oxygens (including phenoxy) is 1. The smallest absolute Gasteiger partial charge is 0.243 e. The van der Waals surface area contributed by atoms with Crippen LogP contribution < -0.4 is 15.0 Å². The van der Waals surface area contributed by atoms with E-state index < -0.39 is 0 Å². The molecule has 0 aliphatic carbocycles. The van der Waals surface area contributed by atoms with E-state index in [4.69, 9.17) is 4.74 Å². The van der Waals surface area contributed by atoms with Crippen LogP contribution in [0.15, 0.2) is 78.9 Å². The molecule has 0 saturated heterocycles. The van der Waals surface area contributed by atoms with Crippen molar-refractivity contribution in [3.8, 4) is 5.75 Å². The number of carbonyl (C=O) groups excluding carboxylic acids is 1. The number of hydrogen-bond acceptors (Lipinski definition) is 3. The summed E-state index contributed by atoms with van der Waals surface area (Å²) < 4.78 is 5.87. The van der Waals surface area contributed by atoms with Crippen LogP contribution in [0.25, 0.3) is 0 Å². The predicted octanol–water partition coefficient (Wildman–Crippen LogP) is 4.70. The number of nitrogens with one attached hydrogen (secondary N) is 1. The SMILES string of the molecule is O=C(CN1CCc2ccccc21)Nc1cccc(OCCCc2ccccc2)c1. The maximum atomic E-state index is 12.5. The fourth-order valence-electron chi connectivity index (χ4n) is 3.72. The molecule has 1 aliphatic heterocycles. The Morgan fingerprint density at radius 3 is 2.69 bits per heavy atom. The molecular formula is C25H26N2O2. The Bertz CT molecular complexity index is 956. The first-order valence-electron chi connectivity index (χ1n) is 10.2. The average Bonchev–Trinajstić information content (AvgIpc) is 3.15. The third-order valence-electron chi connectivity index (χ3n) is 5.16. The van der Waals surface area contributed by atoms with Gasteiger partial charge in [-0.2, -0.15) is 0 Å². The number of para-hydroxylation sites is 1. The summed E-state index contributed by atoms with van der Waals surface area (Å²) in [6, 6.07) is 26.3. The second kappa shape index (κ2) is 9.28. The van der Waals surface area contributed by atoms with Crippen molar-refractivity contribution in [1.82, 2.24) is 0 Å². The molecule has 148 valence electrons. The zero-order chi connectivity index (χ0) is 19.9. The summed E-state index contributed by atoms with van der Waals surface area (Å²) in [5.74, 6) is 0.769. The van der Waals surface area contributed by atoms with E-state index in [1.807, 2.05) is 42.5 Å². The summed E-state index contributed by atoms with van der Waals surface area (Å²) in [5, 5.41) is 3.00. The number of rotatable bonds is 8. The van der Waals surface area contributed by atoms with Crippen molar-refractivity contribution < 1.29 is 9.53 Å². The van der Waals surface area contributed by atoms with Gasteiger partial charge in [0.15, 0.2) is 0 Å². The van der Waals surface area contributed by atoms with Gasteiger partial charge in [0.25, 0.3) is 0 Å². The lowest BCUT2D eigenvalue weighted by atomic mass is 10.1. The van der Waals surface area contributed by atoms with Crippen LogP contribution in [0.4, 0.5) is 11.4 Å². The largest absolute Gasteiger partial charge is 0.494 e. The van der Waals surface area contributed by atoms with Crippen molar-refractivity contribution in [2.24, 2.45) is 0 Å². The Labute approximate surface area is 172 Å². The highest BCUT2D eigenvalue weighted by molar-refractivity contribution is 5.94. The average molecular weight is 386 g/mol. The molecule has 0 aromatic heterocycles. The summed E-state index contributed by atoms with van der Waals surface area (Å²) in [7, 11) is 0. The highest BCUT2D eigenvalue weighted by atomic mass is 16.5. The number of hydrogen-bond donors (Lipinski definition) is 1. The minimum absolute atomic E-state index is 0.0112. The number of aryl methyl sites for hydroxylation is 1. The zero-order valence-corrected chi connectivity index (χ0v) is 16.5. The zero-order valence-electron chi connectivity index (χ0n) is 16.5. The number of carbonyl (C=O) groups is 1.